The van der Waals surface area contributed by atoms with Crippen molar-refractivity contribution in [1.82, 2.24) is 9.97 Å². The van der Waals surface area contributed by atoms with Crippen molar-refractivity contribution in [3.8, 4) is 11.1 Å². The predicted octanol–water partition coefficient (Wildman–Crippen LogP) is 5.78. The number of benzene rings is 3. The number of halogens is 1. The third kappa shape index (κ3) is 2.24. The van der Waals surface area contributed by atoms with Gasteiger partial charge >= 0.3 is 5.63 Å². The zero-order valence-corrected chi connectivity index (χ0v) is 15.1. The molecule has 0 unspecified atom stereocenters. The Bertz CT molecular complexity index is 1630. The van der Waals surface area contributed by atoms with E-state index in [1.54, 1.807) is 24.4 Å². The first-order chi connectivity index (χ1) is 14.2. The first kappa shape index (κ1) is 16.0. The van der Waals surface area contributed by atoms with Crippen molar-refractivity contribution in [3.05, 3.63) is 89.2 Å². The van der Waals surface area contributed by atoms with Gasteiger partial charge in [0, 0.05) is 27.9 Å². The van der Waals surface area contributed by atoms with E-state index in [4.69, 9.17) is 4.42 Å². The van der Waals surface area contributed by atoms with Gasteiger partial charge in [-0.25, -0.2) is 9.18 Å². The van der Waals surface area contributed by atoms with E-state index in [-0.39, 0.29) is 5.82 Å². The molecule has 3 aromatic heterocycles. The number of hydrogen-bond donors (Lipinski definition) is 1. The summed E-state index contributed by atoms with van der Waals surface area (Å²) in [6.07, 6.45) is 1.76. The van der Waals surface area contributed by atoms with Crippen molar-refractivity contribution >= 4 is 43.7 Å². The molecule has 3 heterocycles. The van der Waals surface area contributed by atoms with Crippen molar-refractivity contribution in [2.24, 2.45) is 0 Å². The highest BCUT2D eigenvalue weighted by atomic mass is 19.1. The van der Waals surface area contributed by atoms with E-state index in [0.717, 1.165) is 32.8 Å². The van der Waals surface area contributed by atoms with Crippen LogP contribution in [-0.4, -0.2) is 9.97 Å². The molecule has 0 fully saturated rings. The highest BCUT2D eigenvalue weighted by molar-refractivity contribution is 6.19. The van der Waals surface area contributed by atoms with E-state index in [1.165, 1.54) is 12.1 Å². The number of aromatic nitrogens is 2. The molecule has 0 saturated carbocycles. The number of pyridine rings is 1. The maximum Gasteiger partial charge on any atom is 0.346 e. The van der Waals surface area contributed by atoms with Crippen molar-refractivity contribution < 1.29 is 8.81 Å². The average Bonchev–Trinajstić information content (AvgIpc) is 3.22. The molecular formula is C24H13FN2O2. The van der Waals surface area contributed by atoms with Gasteiger partial charge in [-0.15, -0.1) is 0 Å². The third-order valence-corrected chi connectivity index (χ3v) is 5.38. The van der Waals surface area contributed by atoms with Crippen LogP contribution in [0.25, 0.3) is 54.8 Å². The van der Waals surface area contributed by atoms with Crippen LogP contribution >= 0.6 is 0 Å². The first-order valence-electron chi connectivity index (χ1n) is 9.21. The summed E-state index contributed by atoms with van der Waals surface area (Å²) in [6.45, 7) is 0. The van der Waals surface area contributed by atoms with Gasteiger partial charge in [0.25, 0.3) is 0 Å². The fourth-order valence-corrected chi connectivity index (χ4v) is 4.09. The molecule has 0 aliphatic rings. The third-order valence-electron chi connectivity index (χ3n) is 5.38. The lowest BCUT2D eigenvalue weighted by Gasteiger charge is -2.13. The summed E-state index contributed by atoms with van der Waals surface area (Å²) < 4.78 is 19.2. The Hall–Kier alpha value is -3.99. The Kier molecular flexibility index (Phi) is 3.18. The summed E-state index contributed by atoms with van der Waals surface area (Å²) in [4.78, 5) is 21.0. The molecule has 5 heteroatoms. The highest BCUT2D eigenvalue weighted by Crippen LogP contribution is 2.37. The Morgan fingerprint density at radius 3 is 2.55 bits per heavy atom. The van der Waals surface area contributed by atoms with Crippen molar-refractivity contribution in [1.29, 1.82) is 0 Å². The summed E-state index contributed by atoms with van der Waals surface area (Å²) in [5.74, 6) is -0.331. The van der Waals surface area contributed by atoms with Crippen LogP contribution in [0.3, 0.4) is 0 Å². The molecule has 29 heavy (non-hydrogen) atoms. The number of fused-ring (bicyclic) bond motifs is 6. The maximum absolute atomic E-state index is 13.6. The quantitative estimate of drug-likeness (QED) is 0.223. The second-order valence-electron chi connectivity index (χ2n) is 7.01. The molecule has 0 radical (unpaired) electrons. The van der Waals surface area contributed by atoms with Crippen molar-refractivity contribution in [2.75, 3.05) is 0 Å². The van der Waals surface area contributed by atoms with Gasteiger partial charge in [0.05, 0.1) is 21.9 Å². The molecule has 0 aliphatic carbocycles. The lowest BCUT2D eigenvalue weighted by molar-refractivity contribution is 0.569. The van der Waals surface area contributed by atoms with Crippen LogP contribution in [0.4, 0.5) is 4.39 Å². The maximum atomic E-state index is 13.6. The summed E-state index contributed by atoms with van der Waals surface area (Å²) in [7, 11) is 0. The molecule has 6 rings (SSSR count). The molecule has 3 aromatic carbocycles. The van der Waals surface area contributed by atoms with Gasteiger partial charge in [-0.3, -0.25) is 4.98 Å². The molecular weight excluding hydrogens is 367 g/mol. The van der Waals surface area contributed by atoms with Crippen LogP contribution < -0.4 is 5.63 Å². The molecule has 1 N–H and O–H groups in total. The minimum absolute atomic E-state index is 0.331. The van der Waals surface area contributed by atoms with E-state index in [0.29, 0.717) is 22.0 Å². The molecule has 6 aromatic rings. The number of nitrogens with zero attached hydrogens (tertiary/aromatic N) is 1. The Balaban J connectivity index is 1.94. The normalized spacial score (nSPS) is 11.8. The lowest BCUT2D eigenvalue weighted by atomic mass is 9.95. The van der Waals surface area contributed by atoms with E-state index in [1.807, 2.05) is 36.4 Å². The number of hydrogen-bond acceptors (Lipinski definition) is 3. The molecule has 0 spiro atoms. The fraction of sp³-hybridized carbons (Fsp3) is 0. The van der Waals surface area contributed by atoms with Crippen LogP contribution in [-0.2, 0) is 0 Å². The minimum Gasteiger partial charge on any atom is -0.422 e. The SMILES string of the molecule is O=c1oc2ccccc2c2[nH]c3c(ccc4ccnc43)c(-c3ccc(F)cc3)c12. The summed E-state index contributed by atoms with van der Waals surface area (Å²) in [5.41, 5.74) is 3.85. The standard InChI is InChI=1S/C24H13FN2O2/c25-15-8-5-13(6-9-15)19-17-10-7-14-11-12-26-21(14)23(17)27-22-16-3-1-2-4-18(16)29-24(28)20(19)22/h1-12,27H. The summed E-state index contributed by atoms with van der Waals surface area (Å²) >= 11 is 0. The van der Waals surface area contributed by atoms with E-state index >= 15 is 0 Å². The van der Waals surface area contributed by atoms with Crippen LogP contribution in [0.15, 0.2) is 82.1 Å². The highest BCUT2D eigenvalue weighted by Gasteiger charge is 2.18. The number of rotatable bonds is 1. The van der Waals surface area contributed by atoms with Crippen LogP contribution in [0.1, 0.15) is 0 Å². The van der Waals surface area contributed by atoms with E-state index in [9.17, 15) is 9.18 Å². The van der Waals surface area contributed by atoms with Crippen LogP contribution in [0.2, 0.25) is 0 Å². The van der Waals surface area contributed by atoms with Gasteiger partial charge in [-0.1, -0.05) is 36.4 Å². The van der Waals surface area contributed by atoms with Crippen molar-refractivity contribution in [3.63, 3.8) is 0 Å². The molecule has 0 saturated heterocycles. The molecule has 4 nitrogen and oxygen atoms in total. The second-order valence-corrected chi connectivity index (χ2v) is 7.01. The van der Waals surface area contributed by atoms with Gasteiger partial charge in [-0.2, -0.15) is 0 Å². The van der Waals surface area contributed by atoms with Crippen LogP contribution in [0.5, 0.6) is 0 Å². The van der Waals surface area contributed by atoms with Gasteiger partial charge in [-0.05, 0) is 35.9 Å². The molecule has 0 bridgehead atoms. The number of para-hydroxylation sites is 1. The molecule has 0 atom stereocenters. The van der Waals surface area contributed by atoms with Crippen molar-refractivity contribution in [2.45, 2.75) is 0 Å². The minimum atomic E-state index is -0.438. The molecule has 0 amide bonds. The Morgan fingerprint density at radius 2 is 1.69 bits per heavy atom. The van der Waals surface area contributed by atoms with Gasteiger partial charge < -0.3 is 9.40 Å². The number of H-pyrrole nitrogens is 1. The van der Waals surface area contributed by atoms with E-state index in [2.05, 4.69) is 9.97 Å². The molecule has 0 aliphatic heterocycles. The predicted molar refractivity (Wildman–Crippen MR) is 113 cm³/mol. The lowest BCUT2D eigenvalue weighted by Crippen LogP contribution is -2.04. The second kappa shape index (κ2) is 5.75. The van der Waals surface area contributed by atoms with Gasteiger partial charge in [0.15, 0.2) is 0 Å². The average molecular weight is 380 g/mol. The summed E-state index contributed by atoms with van der Waals surface area (Å²) in [5, 5.41) is 3.08. The van der Waals surface area contributed by atoms with E-state index < -0.39 is 5.63 Å². The fourth-order valence-electron chi connectivity index (χ4n) is 4.09. The zero-order chi connectivity index (χ0) is 19.5. The van der Waals surface area contributed by atoms with Gasteiger partial charge in [0.2, 0.25) is 0 Å². The first-order valence-corrected chi connectivity index (χ1v) is 9.21. The van der Waals surface area contributed by atoms with Crippen LogP contribution in [0, 0.1) is 5.82 Å². The Labute approximate surface area is 163 Å². The Morgan fingerprint density at radius 1 is 0.862 bits per heavy atom. The zero-order valence-electron chi connectivity index (χ0n) is 15.1. The number of nitrogens with one attached hydrogen (secondary N) is 1. The largest absolute Gasteiger partial charge is 0.422 e. The summed E-state index contributed by atoms with van der Waals surface area (Å²) in [6, 6.07) is 19.4. The smallest absolute Gasteiger partial charge is 0.346 e. The molecule has 138 valence electrons. The van der Waals surface area contributed by atoms with Gasteiger partial charge in [0.1, 0.15) is 11.4 Å². The topological polar surface area (TPSA) is 58.9 Å². The number of aromatic amines is 1. The monoisotopic (exact) mass is 380 g/mol.